The summed E-state index contributed by atoms with van der Waals surface area (Å²) in [7, 11) is 0. The molecule has 2 amide bonds. The Kier molecular flexibility index (Phi) is 7.39. The summed E-state index contributed by atoms with van der Waals surface area (Å²) in [4.78, 5) is 26.0. The highest BCUT2D eigenvalue weighted by molar-refractivity contribution is 6.31. The Bertz CT molecular complexity index is 517. The van der Waals surface area contributed by atoms with Crippen LogP contribution in [-0.4, -0.2) is 29.3 Å². The molecule has 0 aliphatic heterocycles. The molecule has 0 unspecified atom stereocenters. The van der Waals surface area contributed by atoms with E-state index in [1.54, 1.807) is 24.8 Å². The highest BCUT2D eigenvalue weighted by Crippen LogP contribution is 2.19. The molecule has 1 rings (SSSR count). The Hall–Kier alpha value is -1.55. The molecule has 0 aromatic heterocycles. The number of benzene rings is 1. The van der Waals surface area contributed by atoms with E-state index in [2.05, 4.69) is 5.32 Å². The van der Waals surface area contributed by atoms with Crippen LogP contribution in [0.25, 0.3) is 0 Å². The smallest absolute Gasteiger partial charge is 0.242 e. The van der Waals surface area contributed by atoms with Gasteiger partial charge >= 0.3 is 0 Å². The van der Waals surface area contributed by atoms with E-state index in [1.807, 2.05) is 32.0 Å². The first-order valence-corrected chi connectivity index (χ1v) is 8.05. The van der Waals surface area contributed by atoms with Crippen molar-refractivity contribution in [2.75, 3.05) is 6.54 Å². The second-order valence-electron chi connectivity index (χ2n) is 5.78. The van der Waals surface area contributed by atoms with E-state index in [-0.39, 0.29) is 11.8 Å². The predicted molar refractivity (Wildman–Crippen MR) is 89.6 cm³/mol. The highest BCUT2D eigenvalue weighted by Gasteiger charge is 2.25. The van der Waals surface area contributed by atoms with E-state index in [1.165, 1.54) is 0 Å². The van der Waals surface area contributed by atoms with Crippen LogP contribution in [0.4, 0.5) is 0 Å². The van der Waals surface area contributed by atoms with Crippen molar-refractivity contribution in [3.8, 4) is 0 Å². The minimum atomic E-state index is -0.525. The van der Waals surface area contributed by atoms with Gasteiger partial charge in [-0.05, 0) is 24.5 Å². The lowest BCUT2D eigenvalue weighted by molar-refractivity contribution is -0.140. The molecule has 1 atom stereocenters. The SMILES string of the molecule is CCC(=O)N(Cc1ccccc1Cl)[C@H](C)C(=O)NCC(C)C. The molecular formula is C17H25ClN2O2. The lowest BCUT2D eigenvalue weighted by Gasteiger charge is -2.29. The number of nitrogens with zero attached hydrogens (tertiary/aromatic N) is 1. The Morgan fingerprint density at radius 1 is 1.23 bits per heavy atom. The van der Waals surface area contributed by atoms with Crippen LogP contribution in [0.5, 0.6) is 0 Å². The number of rotatable bonds is 7. The third-order valence-electron chi connectivity index (χ3n) is 3.45. The second kappa shape index (κ2) is 8.79. The molecule has 0 aliphatic rings. The Labute approximate surface area is 137 Å². The zero-order chi connectivity index (χ0) is 16.7. The number of hydrogen-bond donors (Lipinski definition) is 1. The molecule has 0 aliphatic carbocycles. The summed E-state index contributed by atoms with van der Waals surface area (Å²) in [6, 6.07) is 6.85. The number of halogens is 1. The minimum Gasteiger partial charge on any atom is -0.354 e. The quantitative estimate of drug-likeness (QED) is 0.837. The number of hydrogen-bond acceptors (Lipinski definition) is 2. The minimum absolute atomic E-state index is 0.0629. The summed E-state index contributed by atoms with van der Waals surface area (Å²) < 4.78 is 0. The molecule has 0 heterocycles. The second-order valence-corrected chi connectivity index (χ2v) is 6.19. The topological polar surface area (TPSA) is 49.4 Å². The van der Waals surface area contributed by atoms with E-state index in [9.17, 15) is 9.59 Å². The van der Waals surface area contributed by atoms with Gasteiger partial charge in [-0.2, -0.15) is 0 Å². The number of carbonyl (C=O) groups is 2. The van der Waals surface area contributed by atoms with Crippen LogP contribution >= 0.6 is 11.6 Å². The van der Waals surface area contributed by atoms with Crippen molar-refractivity contribution in [3.05, 3.63) is 34.9 Å². The standard InChI is InChI=1S/C17H25ClN2O2/c1-5-16(21)20(11-14-8-6-7-9-15(14)18)13(4)17(22)19-10-12(2)3/h6-9,12-13H,5,10-11H2,1-4H3,(H,19,22)/t13-/m1/s1. The third-order valence-corrected chi connectivity index (χ3v) is 3.82. The fourth-order valence-electron chi connectivity index (χ4n) is 2.05. The molecule has 1 aromatic rings. The first-order chi connectivity index (χ1) is 10.4. The van der Waals surface area contributed by atoms with Crippen LogP contribution in [-0.2, 0) is 16.1 Å². The molecule has 0 radical (unpaired) electrons. The van der Waals surface area contributed by atoms with E-state index in [0.29, 0.717) is 30.5 Å². The van der Waals surface area contributed by atoms with Gasteiger partial charge in [-0.3, -0.25) is 9.59 Å². The summed E-state index contributed by atoms with van der Waals surface area (Å²) in [5.41, 5.74) is 0.842. The maximum atomic E-state index is 12.2. The summed E-state index contributed by atoms with van der Waals surface area (Å²) in [6.07, 6.45) is 0.353. The van der Waals surface area contributed by atoms with Gasteiger partial charge in [0.25, 0.3) is 0 Å². The van der Waals surface area contributed by atoms with Crippen molar-refractivity contribution in [2.45, 2.75) is 46.7 Å². The van der Waals surface area contributed by atoms with E-state index in [0.717, 1.165) is 5.56 Å². The van der Waals surface area contributed by atoms with Crippen molar-refractivity contribution < 1.29 is 9.59 Å². The maximum Gasteiger partial charge on any atom is 0.242 e. The molecule has 122 valence electrons. The maximum absolute atomic E-state index is 12.2. The van der Waals surface area contributed by atoms with Gasteiger partial charge in [0.15, 0.2) is 0 Å². The number of carbonyl (C=O) groups excluding carboxylic acids is 2. The lowest BCUT2D eigenvalue weighted by Crippen LogP contribution is -2.48. The molecule has 22 heavy (non-hydrogen) atoms. The molecule has 0 saturated heterocycles. The van der Waals surface area contributed by atoms with Crippen molar-refractivity contribution in [1.82, 2.24) is 10.2 Å². The molecule has 0 bridgehead atoms. The van der Waals surface area contributed by atoms with Crippen molar-refractivity contribution in [2.24, 2.45) is 5.92 Å². The lowest BCUT2D eigenvalue weighted by atomic mass is 10.1. The van der Waals surface area contributed by atoms with Crippen molar-refractivity contribution in [3.63, 3.8) is 0 Å². The molecule has 1 N–H and O–H groups in total. The van der Waals surface area contributed by atoms with Crippen molar-refractivity contribution in [1.29, 1.82) is 0 Å². The molecule has 5 heteroatoms. The van der Waals surface area contributed by atoms with Gasteiger partial charge < -0.3 is 10.2 Å². The Morgan fingerprint density at radius 3 is 2.41 bits per heavy atom. The van der Waals surface area contributed by atoms with Gasteiger partial charge in [0.2, 0.25) is 11.8 Å². The molecule has 0 saturated carbocycles. The van der Waals surface area contributed by atoms with Gasteiger partial charge in [0, 0.05) is 24.5 Å². The number of nitrogens with one attached hydrogen (secondary N) is 1. The van der Waals surface area contributed by atoms with Gasteiger partial charge in [-0.1, -0.05) is 50.6 Å². The molecule has 0 fully saturated rings. The van der Waals surface area contributed by atoms with E-state index >= 15 is 0 Å². The fraction of sp³-hybridized carbons (Fsp3) is 0.529. The largest absolute Gasteiger partial charge is 0.354 e. The average Bonchev–Trinajstić information content (AvgIpc) is 2.50. The summed E-state index contributed by atoms with van der Waals surface area (Å²) in [5.74, 6) is 0.171. The summed E-state index contributed by atoms with van der Waals surface area (Å²) in [6.45, 7) is 8.54. The van der Waals surface area contributed by atoms with Crippen molar-refractivity contribution >= 4 is 23.4 Å². The molecular weight excluding hydrogens is 300 g/mol. The average molecular weight is 325 g/mol. The monoisotopic (exact) mass is 324 g/mol. The van der Waals surface area contributed by atoms with Crippen LogP contribution in [0, 0.1) is 5.92 Å². The predicted octanol–water partition coefficient (Wildman–Crippen LogP) is 3.24. The van der Waals surface area contributed by atoms with Gasteiger partial charge in [0.05, 0.1) is 0 Å². The van der Waals surface area contributed by atoms with Crippen LogP contribution in [0.1, 0.15) is 39.7 Å². The zero-order valence-electron chi connectivity index (χ0n) is 13.7. The summed E-state index contributed by atoms with van der Waals surface area (Å²) >= 11 is 6.16. The normalized spacial score (nSPS) is 12.1. The van der Waals surface area contributed by atoms with Crippen LogP contribution in [0.15, 0.2) is 24.3 Å². The Morgan fingerprint density at radius 2 is 1.86 bits per heavy atom. The van der Waals surface area contributed by atoms with E-state index in [4.69, 9.17) is 11.6 Å². The fourth-order valence-corrected chi connectivity index (χ4v) is 2.24. The highest BCUT2D eigenvalue weighted by atomic mass is 35.5. The molecule has 0 spiro atoms. The van der Waals surface area contributed by atoms with Gasteiger partial charge in [-0.15, -0.1) is 0 Å². The molecule has 4 nitrogen and oxygen atoms in total. The van der Waals surface area contributed by atoms with Crippen LogP contribution < -0.4 is 5.32 Å². The first kappa shape index (κ1) is 18.5. The van der Waals surface area contributed by atoms with E-state index < -0.39 is 6.04 Å². The first-order valence-electron chi connectivity index (χ1n) is 7.67. The van der Waals surface area contributed by atoms with Gasteiger partial charge in [0.1, 0.15) is 6.04 Å². The summed E-state index contributed by atoms with van der Waals surface area (Å²) in [5, 5.41) is 3.48. The number of amides is 2. The molecule has 1 aromatic carbocycles. The Balaban J connectivity index is 2.86. The zero-order valence-corrected chi connectivity index (χ0v) is 14.5. The van der Waals surface area contributed by atoms with Crippen LogP contribution in [0.2, 0.25) is 5.02 Å². The van der Waals surface area contributed by atoms with Crippen LogP contribution in [0.3, 0.4) is 0 Å². The van der Waals surface area contributed by atoms with Gasteiger partial charge in [-0.25, -0.2) is 0 Å². The third kappa shape index (κ3) is 5.34.